The number of hydrogen-bond donors (Lipinski definition) is 2. The quantitative estimate of drug-likeness (QED) is 0.546. The predicted octanol–water partition coefficient (Wildman–Crippen LogP) is 2.42. The van der Waals surface area contributed by atoms with Gasteiger partial charge in [0, 0.05) is 51.4 Å². The van der Waals surface area contributed by atoms with Crippen LogP contribution in [0.15, 0.2) is 4.99 Å². The standard InChI is InChI=1S/C20H39N5O2/c1-15(2)24-12-9-16(10-13-24)23-18(21-6)22-11-14-25(17-7-8-17)19(26)27-20(3,4)5/h15-17H,7-14H2,1-6H3,(H2,21,22,23). The van der Waals surface area contributed by atoms with Gasteiger partial charge in [-0.1, -0.05) is 0 Å². The number of rotatable bonds is 6. The molecule has 2 N–H and O–H groups in total. The number of likely N-dealkylation sites (tertiary alicyclic amines) is 1. The summed E-state index contributed by atoms with van der Waals surface area (Å²) in [5.74, 6) is 0.818. The molecule has 0 aromatic rings. The van der Waals surface area contributed by atoms with Crippen molar-refractivity contribution in [3.63, 3.8) is 0 Å². The van der Waals surface area contributed by atoms with Gasteiger partial charge in [0.15, 0.2) is 5.96 Å². The van der Waals surface area contributed by atoms with Crippen molar-refractivity contribution in [3.05, 3.63) is 0 Å². The maximum absolute atomic E-state index is 12.4. The van der Waals surface area contributed by atoms with Gasteiger partial charge in [-0.3, -0.25) is 4.99 Å². The summed E-state index contributed by atoms with van der Waals surface area (Å²) in [6, 6.07) is 1.40. The van der Waals surface area contributed by atoms with Crippen LogP contribution in [0.5, 0.6) is 0 Å². The Bertz CT molecular complexity index is 503. The van der Waals surface area contributed by atoms with E-state index in [2.05, 4.69) is 34.4 Å². The number of nitrogens with zero attached hydrogens (tertiary/aromatic N) is 3. The lowest BCUT2D eigenvalue weighted by atomic mass is 10.0. The third kappa shape index (κ3) is 7.56. The minimum atomic E-state index is -0.458. The van der Waals surface area contributed by atoms with Crippen LogP contribution in [0.25, 0.3) is 0 Å². The first-order chi connectivity index (χ1) is 12.7. The molecule has 2 rings (SSSR count). The molecule has 0 radical (unpaired) electrons. The van der Waals surface area contributed by atoms with Crippen LogP contribution in [0.1, 0.15) is 60.3 Å². The van der Waals surface area contributed by atoms with Gasteiger partial charge in [-0.25, -0.2) is 4.79 Å². The Morgan fingerprint density at radius 3 is 2.33 bits per heavy atom. The average Bonchev–Trinajstić information content (AvgIpc) is 3.41. The third-order valence-electron chi connectivity index (χ3n) is 5.09. The van der Waals surface area contributed by atoms with Gasteiger partial charge < -0.3 is 25.2 Å². The van der Waals surface area contributed by atoms with E-state index in [1.165, 1.54) is 0 Å². The number of piperidine rings is 1. The van der Waals surface area contributed by atoms with Crippen LogP contribution in [0.2, 0.25) is 0 Å². The Hall–Kier alpha value is -1.50. The molecular weight excluding hydrogens is 342 g/mol. The molecule has 0 spiro atoms. The van der Waals surface area contributed by atoms with Crippen molar-refractivity contribution in [2.45, 2.75) is 84.0 Å². The maximum Gasteiger partial charge on any atom is 0.410 e. The summed E-state index contributed by atoms with van der Waals surface area (Å²) in [5, 5.41) is 6.89. The normalized spacial score (nSPS) is 19.9. The maximum atomic E-state index is 12.4. The van der Waals surface area contributed by atoms with Gasteiger partial charge >= 0.3 is 6.09 Å². The SMILES string of the molecule is CN=C(NCCN(C(=O)OC(C)(C)C)C1CC1)NC1CCN(C(C)C)CC1. The average molecular weight is 382 g/mol. The molecule has 1 aliphatic heterocycles. The molecule has 7 heteroatoms. The van der Waals surface area contributed by atoms with E-state index >= 15 is 0 Å². The van der Waals surface area contributed by atoms with E-state index in [1.54, 1.807) is 7.05 Å². The lowest BCUT2D eigenvalue weighted by Gasteiger charge is -2.35. The molecular formula is C20H39N5O2. The Labute approximate surface area is 164 Å². The number of nitrogens with one attached hydrogen (secondary N) is 2. The molecule has 1 heterocycles. The fourth-order valence-corrected chi connectivity index (χ4v) is 3.37. The molecule has 2 aliphatic rings. The summed E-state index contributed by atoms with van der Waals surface area (Å²) in [5.41, 5.74) is -0.458. The molecule has 7 nitrogen and oxygen atoms in total. The number of amides is 1. The van der Waals surface area contributed by atoms with Crippen molar-refractivity contribution >= 4 is 12.1 Å². The van der Waals surface area contributed by atoms with Crippen molar-refractivity contribution in [2.75, 3.05) is 33.2 Å². The minimum absolute atomic E-state index is 0.212. The van der Waals surface area contributed by atoms with Gasteiger partial charge in [-0.05, 0) is 60.3 Å². The van der Waals surface area contributed by atoms with E-state index in [0.717, 1.165) is 44.7 Å². The van der Waals surface area contributed by atoms with Gasteiger partial charge in [0.05, 0.1) is 0 Å². The molecule has 0 aromatic heterocycles. The Morgan fingerprint density at radius 2 is 1.85 bits per heavy atom. The van der Waals surface area contributed by atoms with Crippen LogP contribution in [-0.4, -0.2) is 78.8 Å². The molecule has 0 atom stereocenters. The van der Waals surface area contributed by atoms with Crippen LogP contribution in [0.3, 0.4) is 0 Å². The summed E-state index contributed by atoms with van der Waals surface area (Å²) in [4.78, 5) is 21.1. The van der Waals surface area contributed by atoms with Crippen LogP contribution >= 0.6 is 0 Å². The molecule has 1 saturated carbocycles. The molecule has 156 valence electrons. The third-order valence-corrected chi connectivity index (χ3v) is 5.09. The molecule has 0 aromatic carbocycles. The molecule has 27 heavy (non-hydrogen) atoms. The first kappa shape index (κ1) is 21.8. The number of carbonyl (C=O) groups excluding carboxylic acids is 1. The smallest absolute Gasteiger partial charge is 0.410 e. The zero-order chi connectivity index (χ0) is 20.0. The van der Waals surface area contributed by atoms with Gasteiger partial charge in [-0.2, -0.15) is 0 Å². The highest BCUT2D eigenvalue weighted by Crippen LogP contribution is 2.28. The monoisotopic (exact) mass is 381 g/mol. The van der Waals surface area contributed by atoms with E-state index < -0.39 is 5.60 Å². The van der Waals surface area contributed by atoms with E-state index in [1.807, 2.05) is 25.7 Å². The predicted molar refractivity (Wildman–Crippen MR) is 110 cm³/mol. The van der Waals surface area contributed by atoms with E-state index in [4.69, 9.17) is 4.74 Å². The summed E-state index contributed by atoms with van der Waals surface area (Å²) in [6.45, 7) is 13.8. The number of ether oxygens (including phenoxy) is 1. The first-order valence-corrected chi connectivity index (χ1v) is 10.4. The van der Waals surface area contributed by atoms with Gasteiger partial charge in [0.25, 0.3) is 0 Å². The number of carbonyl (C=O) groups is 1. The number of hydrogen-bond acceptors (Lipinski definition) is 4. The topological polar surface area (TPSA) is 69.2 Å². The van der Waals surface area contributed by atoms with Crippen molar-refractivity contribution in [1.29, 1.82) is 0 Å². The van der Waals surface area contributed by atoms with Crippen LogP contribution in [0, 0.1) is 0 Å². The van der Waals surface area contributed by atoms with Crippen molar-refractivity contribution < 1.29 is 9.53 Å². The first-order valence-electron chi connectivity index (χ1n) is 10.4. The Balaban J connectivity index is 1.74. The molecule has 1 aliphatic carbocycles. The minimum Gasteiger partial charge on any atom is -0.444 e. The molecule has 1 amide bonds. The zero-order valence-electron chi connectivity index (χ0n) is 18.0. The fraction of sp³-hybridized carbons (Fsp3) is 0.900. The second-order valence-corrected chi connectivity index (χ2v) is 8.95. The molecule has 0 unspecified atom stereocenters. The largest absolute Gasteiger partial charge is 0.444 e. The lowest BCUT2D eigenvalue weighted by Crippen LogP contribution is -2.51. The highest BCUT2D eigenvalue weighted by molar-refractivity contribution is 5.80. The van der Waals surface area contributed by atoms with Gasteiger partial charge in [-0.15, -0.1) is 0 Å². The fourth-order valence-electron chi connectivity index (χ4n) is 3.37. The van der Waals surface area contributed by atoms with Gasteiger partial charge in [0.1, 0.15) is 5.60 Å². The molecule has 0 bridgehead atoms. The Kier molecular flexibility index (Phi) is 7.77. The van der Waals surface area contributed by atoms with Crippen molar-refractivity contribution in [2.24, 2.45) is 4.99 Å². The van der Waals surface area contributed by atoms with Crippen LogP contribution in [0.4, 0.5) is 4.79 Å². The summed E-state index contributed by atoms with van der Waals surface area (Å²) < 4.78 is 5.54. The lowest BCUT2D eigenvalue weighted by molar-refractivity contribution is 0.0237. The second-order valence-electron chi connectivity index (χ2n) is 8.95. The molecule has 1 saturated heterocycles. The summed E-state index contributed by atoms with van der Waals surface area (Å²) in [6.07, 6.45) is 4.19. The summed E-state index contributed by atoms with van der Waals surface area (Å²) in [7, 11) is 1.80. The van der Waals surface area contributed by atoms with E-state index in [0.29, 0.717) is 31.2 Å². The highest BCUT2D eigenvalue weighted by Gasteiger charge is 2.34. The number of aliphatic imine (C=N–C) groups is 1. The van der Waals surface area contributed by atoms with Gasteiger partial charge in [0.2, 0.25) is 0 Å². The molecule has 2 fully saturated rings. The van der Waals surface area contributed by atoms with Crippen molar-refractivity contribution in [1.82, 2.24) is 20.4 Å². The Morgan fingerprint density at radius 1 is 1.22 bits per heavy atom. The van der Waals surface area contributed by atoms with E-state index in [9.17, 15) is 4.79 Å². The van der Waals surface area contributed by atoms with E-state index in [-0.39, 0.29) is 6.09 Å². The van der Waals surface area contributed by atoms with Crippen LogP contribution < -0.4 is 10.6 Å². The van der Waals surface area contributed by atoms with Crippen molar-refractivity contribution in [3.8, 4) is 0 Å². The number of guanidine groups is 1. The highest BCUT2D eigenvalue weighted by atomic mass is 16.6. The zero-order valence-corrected chi connectivity index (χ0v) is 18.0. The van der Waals surface area contributed by atoms with Crippen LogP contribution in [-0.2, 0) is 4.74 Å². The summed E-state index contributed by atoms with van der Waals surface area (Å²) >= 11 is 0. The second kappa shape index (κ2) is 9.62.